The minimum atomic E-state index is -2.74. The van der Waals surface area contributed by atoms with Gasteiger partial charge in [0.05, 0.1) is 11.7 Å². The summed E-state index contributed by atoms with van der Waals surface area (Å²) in [5, 5.41) is 16.0. The maximum absolute atomic E-state index is 12.3. The molecule has 2 aliphatic rings. The summed E-state index contributed by atoms with van der Waals surface area (Å²) < 4.78 is 29.2. The summed E-state index contributed by atoms with van der Waals surface area (Å²) in [5.41, 5.74) is 5.64. The number of nitrogens with two attached hydrogens (primary N) is 1. The number of hydrogen-bond donors (Lipinski definition) is 4. The summed E-state index contributed by atoms with van der Waals surface area (Å²) in [5.74, 6) is 0.184. The van der Waals surface area contributed by atoms with E-state index in [1.165, 1.54) is 6.20 Å². The van der Waals surface area contributed by atoms with Gasteiger partial charge in [-0.05, 0) is 38.5 Å². The molecule has 10 heteroatoms. The molecule has 1 aromatic heterocycles. The fraction of sp³-hybridized carbons (Fsp3) is 0.722. The lowest BCUT2D eigenvalue weighted by Crippen LogP contribution is -2.32. The van der Waals surface area contributed by atoms with Crippen LogP contribution in [-0.4, -0.2) is 52.4 Å². The number of alkyl halides is 2. The molecular formula is C18H27F2N5O3. The molecule has 28 heavy (non-hydrogen) atoms. The Morgan fingerprint density at radius 2 is 2.00 bits per heavy atom. The second kappa shape index (κ2) is 9.42. The first-order valence-electron chi connectivity index (χ1n) is 9.70. The maximum atomic E-state index is 12.3. The fourth-order valence-electron chi connectivity index (χ4n) is 4.03. The molecule has 156 valence electrons. The number of ether oxygens (including phenoxy) is 1. The zero-order valence-electron chi connectivity index (χ0n) is 15.6. The molecule has 2 aliphatic carbocycles. The smallest absolute Gasteiger partial charge is 0.345 e. The van der Waals surface area contributed by atoms with Crippen molar-refractivity contribution in [3.63, 3.8) is 0 Å². The summed E-state index contributed by atoms with van der Waals surface area (Å²) in [6, 6.07) is 0.0641. The molecule has 0 spiro atoms. The predicted molar refractivity (Wildman–Crippen MR) is 99.1 cm³/mol. The first-order valence-corrected chi connectivity index (χ1v) is 9.70. The number of aliphatic hydroxyl groups excluding tert-OH is 1. The molecule has 0 radical (unpaired) electrons. The summed E-state index contributed by atoms with van der Waals surface area (Å²) in [6.07, 6.45) is 6.14. The van der Waals surface area contributed by atoms with Crippen LogP contribution in [0.15, 0.2) is 6.20 Å². The number of amides is 1. The predicted octanol–water partition coefficient (Wildman–Crippen LogP) is 2.11. The molecule has 0 aliphatic heterocycles. The van der Waals surface area contributed by atoms with Gasteiger partial charge in [-0.2, -0.15) is 13.8 Å². The fourth-order valence-corrected chi connectivity index (χ4v) is 4.03. The van der Waals surface area contributed by atoms with Crippen LogP contribution >= 0.6 is 0 Å². The first-order chi connectivity index (χ1) is 13.5. The van der Waals surface area contributed by atoms with Gasteiger partial charge in [-0.25, -0.2) is 4.98 Å². The number of carbonyl (C=O) groups excluding carboxylic acids is 1. The van der Waals surface area contributed by atoms with Gasteiger partial charge in [-0.3, -0.25) is 4.79 Å². The Balaban J connectivity index is 1.65. The second-order valence-corrected chi connectivity index (χ2v) is 7.46. The molecule has 0 bridgehead atoms. The van der Waals surface area contributed by atoms with Gasteiger partial charge in [0, 0.05) is 30.8 Å². The lowest BCUT2D eigenvalue weighted by Gasteiger charge is -2.29. The molecule has 5 N–H and O–H groups in total. The van der Waals surface area contributed by atoms with E-state index in [2.05, 4.69) is 25.3 Å². The molecule has 3 rings (SSSR count). The largest absolute Gasteiger partial charge is 0.396 e. The number of nitrogens with zero attached hydrogens (tertiary/aromatic N) is 2. The SMILES string of the molecule is NC(=O)c1cnc(N[C@H]2CC[C@H](OC(F)F)CC2)nc1N[C@@H]1CCC[C@H]1CO. The molecular weight excluding hydrogens is 372 g/mol. The average Bonchev–Trinajstić information content (AvgIpc) is 3.10. The van der Waals surface area contributed by atoms with Gasteiger partial charge in [0.25, 0.3) is 5.91 Å². The van der Waals surface area contributed by atoms with Gasteiger partial charge in [0.1, 0.15) is 5.82 Å². The van der Waals surface area contributed by atoms with Crippen molar-refractivity contribution in [2.24, 2.45) is 11.7 Å². The van der Waals surface area contributed by atoms with E-state index in [1.807, 2.05) is 0 Å². The minimum absolute atomic E-state index is 0.0211. The molecule has 0 aromatic carbocycles. The van der Waals surface area contributed by atoms with Crippen molar-refractivity contribution in [1.82, 2.24) is 9.97 Å². The van der Waals surface area contributed by atoms with Crippen LogP contribution in [0.1, 0.15) is 55.3 Å². The molecule has 8 nitrogen and oxygen atoms in total. The third-order valence-corrected chi connectivity index (χ3v) is 5.57. The van der Waals surface area contributed by atoms with E-state index in [0.29, 0.717) is 37.4 Å². The van der Waals surface area contributed by atoms with Crippen molar-refractivity contribution in [3.05, 3.63) is 11.8 Å². The molecule has 0 saturated heterocycles. The number of hydrogen-bond acceptors (Lipinski definition) is 7. The molecule has 2 fully saturated rings. The number of aromatic nitrogens is 2. The van der Waals surface area contributed by atoms with Gasteiger partial charge in [0.15, 0.2) is 0 Å². The summed E-state index contributed by atoms with van der Waals surface area (Å²) in [7, 11) is 0. The van der Waals surface area contributed by atoms with Crippen molar-refractivity contribution < 1.29 is 23.4 Å². The van der Waals surface area contributed by atoms with Crippen LogP contribution in [0.4, 0.5) is 20.5 Å². The molecule has 1 heterocycles. The number of rotatable bonds is 8. The first kappa shape index (κ1) is 20.7. The molecule has 1 aromatic rings. The van der Waals surface area contributed by atoms with Crippen molar-refractivity contribution in [2.45, 2.75) is 69.7 Å². The standard InChI is InChI=1S/C18H27F2N5O3/c19-17(20)28-12-6-4-11(5-7-12)23-18-22-8-13(15(21)27)16(25-18)24-14-3-1-2-10(14)9-26/h8,10-12,14,17,26H,1-7,9H2,(H2,21,27)(H2,22,23,24,25)/t10-,11-,12-,14+/m0/s1. The number of primary amides is 1. The van der Waals surface area contributed by atoms with E-state index in [1.54, 1.807) is 0 Å². The van der Waals surface area contributed by atoms with Crippen LogP contribution in [0.5, 0.6) is 0 Å². The van der Waals surface area contributed by atoms with Gasteiger partial charge in [-0.15, -0.1) is 0 Å². The Bertz CT molecular complexity index is 671. The summed E-state index contributed by atoms with van der Waals surface area (Å²) >= 11 is 0. The lowest BCUT2D eigenvalue weighted by molar-refractivity contribution is -0.169. The number of halogens is 2. The highest BCUT2D eigenvalue weighted by Crippen LogP contribution is 2.29. The Morgan fingerprint density at radius 1 is 1.25 bits per heavy atom. The van der Waals surface area contributed by atoms with Crippen molar-refractivity contribution >= 4 is 17.7 Å². The normalized spacial score (nSPS) is 27.7. The Labute approximate surface area is 162 Å². The Hall–Kier alpha value is -2.07. The van der Waals surface area contributed by atoms with Gasteiger partial charge < -0.3 is 26.2 Å². The van der Waals surface area contributed by atoms with Crippen LogP contribution in [-0.2, 0) is 4.74 Å². The zero-order valence-corrected chi connectivity index (χ0v) is 15.6. The third-order valence-electron chi connectivity index (χ3n) is 5.57. The maximum Gasteiger partial charge on any atom is 0.345 e. The monoisotopic (exact) mass is 399 g/mol. The van der Waals surface area contributed by atoms with Crippen LogP contribution in [0, 0.1) is 5.92 Å². The van der Waals surface area contributed by atoms with Crippen molar-refractivity contribution in [3.8, 4) is 0 Å². The zero-order chi connectivity index (χ0) is 20.1. The van der Waals surface area contributed by atoms with Crippen molar-refractivity contribution in [2.75, 3.05) is 17.2 Å². The molecule has 0 unspecified atom stereocenters. The lowest BCUT2D eigenvalue weighted by atomic mass is 9.93. The van der Waals surface area contributed by atoms with E-state index >= 15 is 0 Å². The van der Waals surface area contributed by atoms with Crippen LogP contribution in [0.25, 0.3) is 0 Å². The van der Waals surface area contributed by atoms with E-state index in [9.17, 15) is 18.7 Å². The van der Waals surface area contributed by atoms with E-state index < -0.39 is 18.6 Å². The van der Waals surface area contributed by atoms with E-state index in [4.69, 9.17) is 5.73 Å². The average molecular weight is 399 g/mol. The van der Waals surface area contributed by atoms with Crippen molar-refractivity contribution in [1.29, 1.82) is 0 Å². The van der Waals surface area contributed by atoms with Crippen LogP contribution in [0.3, 0.4) is 0 Å². The van der Waals surface area contributed by atoms with Gasteiger partial charge in [0.2, 0.25) is 5.95 Å². The molecule has 2 saturated carbocycles. The number of carbonyl (C=O) groups is 1. The third kappa shape index (κ3) is 5.26. The van der Waals surface area contributed by atoms with Crippen LogP contribution in [0.2, 0.25) is 0 Å². The van der Waals surface area contributed by atoms with Crippen LogP contribution < -0.4 is 16.4 Å². The second-order valence-electron chi connectivity index (χ2n) is 7.46. The van der Waals surface area contributed by atoms with Gasteiger partial charge >= 0.3 is 6.61 Å². The summed E-state index contributed by atoms with van der Waals surface area (Å²) in [6.45, 7) is -2.67. The van der Waals surface area contributed by atoms with Gasteiger partial charge in [-0.1, -0.05) is 6.42 Å². The van der Waals surface area contributed by atoms with E-state index in [0.717, 1.165) is 19.3 Å². The quantitative estimate of drug-likeness (QED) is 0.528. The van der Waals surface area contributed by atoms with E-state index in [-0.39, 0.29) is 30.2 Å². The number of aliphatic hydroxyl groups is 1. The molecule has 2 atom stereocenters. The summed E-state index contributed by atoms with van der Waals surface area (Å²) in [4.78, 5) is 20.3. The highest BCUT2D eigenvalue weighted by atomic mass is 19.3. The highest BCUT2D eigenvalue weighted by Gasteiger charge is 2.29. The Kier molecular flexibility index (Phi) is 6.95. The Morgan fingerprint density at radius 3 is 2.64 bits per heavy atom. The molecule has 1 amide bonds. The highest BCUT2D eigenvalue weighted by molar-refractivity contribution is 5.97. The minimum Gasteiger partial charge on any atom is -0.396 e. The number of nitrogens with one attached hydrogen (secondary N) is 2. The number of anilines is 2. The topological polar surface area (TPSA) is 122 Å².